The Morgan fingerprint density at radius 3 is 2.54 bits per heavy atom. The summed E-state index contributed by atoms with van der Waals surface area (Å²) in [5.74, 6) is -0.837. The van der Waals surface area contributed by atoms with E-state index in [2.05, 4.69) is 0 Å². The van der Waals surface area contributed by atoms with E-state index < -0.39 is 17.7 Å². The van der Waals surface area contributed by atoms with Crippen molar-refractivity contribution in [2.45, 2.75) is 31.9 Å². The maximum Gasteiger partial charge on any atom is 0.295 e. The number of aliphatic hydroxyl groups excluding tert-OH is 1. The third kappa shape index (κ3) is 4.42. The molecular weight excluding hydrogens is 485 g/mol. The molecule has 0 radical (unpaired) electrons. The summed E-state index contributed by atoms with van der Waals surface area (Å²) < 4.78 is 5.76. The Morgan fingerprint density at radius 1 is 1.03 bits per heavy atom. The van der Waals surface area contributed by atoms with Gasteiger partial charge in [0.1, 0.15) is 17.6 Å². The monoisotopic (exact) mass is 507 g/mol. The van der Waals surface area contributed by atoms with Gasteiger partial charge in [-0.25, -0.2) is 0 Å². The van der Waals surface area contributed by atoms with Gasteiger partial charge in [-0.1, -0.05) is 59.6 Å². The molecular formula is C28H23Cl2NO4. The second-order valence-corrected chi connectivity index (χ2v) is 9.67. The topological polar surface area (TPSA) is 66.8 Å². The van der Waals surface area contributed by atoms with Crippen molar-refractivity contribution in [2.75, 3.05) is 6.54 Å². The third-order valence-corrected chi connectivity index (χ3v) is 7.19. The maximum atomic E-state index is 13.3. The lowest BCUT2D eigenvalue weighted by Gasteiger charge is -2.25. The van der Waals surface area contributed by atoms with Gasteiger partial charge in [-0.2, -0.15) is 0 Å². The average Bonchev–Trinajstić information content (AvgIpc) is 3.35. The normalized spacial score (nSPS) is 20.7. The molecule has 0 aromatic heterocycles. The Kier molecular flexibility index (Phi) is 6.30. The van der Waals surface area contributed by atoms with E-state index in [0.717, 1.165) is 16.9 Å². The van der Waals surface area contributed by atoms with Gasteiger partial charge in [0.05, 0.1) is 21.7 Å². The molecule has 7 heteroatoms. The fraction of sp³-hybridized carbons (Fsp3) is 0.214. The van der Waals surface area contributed by atoms with Crippen LogP contribution < -0.4 is 4.74 Å². The van der Waals surface area contributed by atoms with Crippen molar-refractivity contribution in [3.8, 4) is 5.75 Å². The highest BCUT2D eigenvalue weighted by molar-refractivity contribution is 6.46. The standard InChI is InChI=1S/C28H23Cl2NO4/c1-16-13-20-14-19(8-10-23(20)35-16)26(32)24-25(18-7-9-21(29)22(30)15-18)31(28(34)27(24)33)12-11-17-5-3-2-4-6-17/h2-10,14-16,25,32H,11-13H2,1H3. The summed E-state index contributed by atoms with van der Waals surface area (Å²) >= 11 is 12.4. The minimum atomic E-state index is -0.795. The van der Waals surface area contributed by atoms with Crippen LogP contribution in [0.1, 0.15) is 35.2 Å². The molecule has 3 aromatic rings. The number of carbonyl (C=O) groups excluding carboxylic acids is 2. The number of aliphatic hydroxyl groups is 1. The predicted octanol–water partition coefficient (Wildman–Crippen LogP) is 5.98. The molecule has 0 aliphatic carbocycles. The Bertz CT molecular complexity index is 1350. The van der Waals surface area contributed by atoms with Gasteiger partial charge in [-0.15, -0.1) is 0 Å². The van der Waals surface area contributed by atoms with Gasteiger partial charge in [0, 0.05) is 18.5 Å². The van der Waals surface area contributed by atoms with Gasteiger partial charge in [0.2, 0.25) is 0 Å². The van der Waals surface area contributed by atoms with Crippen LogP contribution in [0.15, 0.2) is 72.3 Å². The molecule has 2 aliphatic rings. The van der Waals surface area contributed by atoms with Crippen molar-refractivity contribution in [1.82, 2.24) is 4.90 Å². The van der Waals surface area contributed by atoms with Crippen molar-refractivity contribution >= 4 is 40.7 Å². The largest absolute Gasteiger partial charge is 0.507 e. The quantitative estimate of drug-likeness (QED) is 0.262. The molecule has 35 heavy (non-hydrogen) atoms. The number of amides is 1. The van der Waals surface area contributed by atoms with Crippen LogP contribution in [0.5, 0.6) is 5.75 Å². The lowest BCUT2D eigenvalue weighted by atomic mass is 9.94. The molecule has 1 fully saturated rings. The van der Waals surface area contributed by atoms with E-state index in [1.165, 1.54) is 4.90 Å². The molecule has 1 N–H and O–H groups in total. The molecule has 2 aliphatic heterocycles. The molecule has 5 nitrogen and oxygen atoms in total. The zero-order chi connectivity index (χ0) is 24.7. The summed E-state index contributed by atoms with van der Waals surface area (Å²) in [6, 6.07) is 19.2. The first kappa shape index (κ1) is 23.5. The Balaban J connectivity index is 1.59. The first-order valence-corrected chi connectivity index (χ1v) is 12.2. The molecule has 0 spiro atoms. The summed E-state index contributed by atoms with van der Waals surface area (Å²) in [7, 11) is 0. The van der Waals surface area contributed by atoms with E-state index in [9.17, 15) is 14.7 Å². The van der Waals surface area contributed by atoms with Gasteiger partial charge in [0.25, 0.3) is 11.7 Å². The Labute approximate surface area is 213 Å². The number of hydrogen-bond donors (Lipinski definition) is 1. The number of hydrogen-bond acceptors (Lipinski definition) is 4. The second kappa shape index (κ2) is 9.40. The number of benzene rings is 3. The lowest BCUT2D eigenvalue weighted by Crippen LogP contribution is -2.31. The number of rotatable bonds is 5. The summed E-state index contributed by atoms with van der Waals surface area (Å²) in [5.41, 5.74) is 3.09. The van der Waals surface area contributed by atoms with Crippen LogP contribution in [0.3, 0.4) is 0 Å². The minimum absolute atomic E-state index is 0.0355. The van der Waals surface area contributed by atoms with Crippen LogP contribution in [0.2, 0.25) is 10.0 Å². The van der Waals surface area contributed by atoms with Crippen LogP contribution >= 0.6 is 23.2 Å². The zero-order valence-electron chi connectivity index (χ0n) is 19.0. The summed E-state index contributed by atoms with van der Waals surface area (Å²) in [6.45, 7) is 2.27. The molecule has 3 aromatic carbocycles. The number of carbonyl (C=O) groups is 2. The fourth-order valence-corrected chi connectivity index (χ4v) is 5.07. The molecule has 2 heterocycles. The third-order valence-electron chi connectivity index (χ3n) is 6.45. The van der Waals surface area contributed by atoms with E-state index in [1.54, 1.807) is 30.3 Å². The van der Waals surface area contributed by atoms with E-state index in [4.69, 9.17) is 27.9 Å². The first-order chi connectivity index (χ1) is 16.8. The molecule has 2 unspecified atom stereocenters. The Hall–Kier alpha value is -3.28. The molecule has 0 bridgehead atoms. The van der Waals surface area contributed by atoms with Crippen LogP contribution in [-0.2, 0) is 22.4 Å². The van der Waals surface area contributed by atoms with Gasteiger partial charge in [-0.3, -0.25) is 9.59 Å². The number of nitrogens with zero attached hydrogens (tertiary/aromatic N) is 1. The van der Waals surface area contributed by atoms with E-state index in [0.29, 0.717) is 40.6 Å². The van der Waals surface area contributed by atoms with Crippen LogP contribution in [0.25, 0.3) is 5.76 Å². The average molecular weight is 508 g/mol. The fourth-order valence-electron chi connectivity index (χ4n) is 4.76. The van der Waals surface area contributed by atoms with Crippen LogP contribution in [0.4, 0.5) is 0 Å². The highest BCUT2D eigenvalue weighted by Crippen LogP contribution is 2.42. The van der Waals surface area contributed by atoms with Gasteiger partial charge >= 0.3 is 0 Å². The minimum Gasteiger partial charge on any atom is -0.507 e. The van der Waals surface area contributed by atoms with Crippen molar-refractivity contribution in [2.24, 2.45) is 0 Å². The van der Waals surface area contributed by atoms with E-state index in [1.807, 2.05) is 43.3 Å². The number of fused-ring (bicyclic) bond motifs is 1. The summed E-state index contributed by atoms with van der Waals surface area (Å²) in [6.07, 6.45) is 1.31. The molecule has 0 saturated carbocycles. The number of likely N-dealkylation sites (tertiary alicyclic amines) is 1. The summed E-state index contributed by atoms with van der Waals surface area (Å²) in [5, 5.41) is 12.0. The van der Waals surface area contributed by atoms with Crippen molar-refractivity contribution < 1.29 is 19.4 Å². The van der Waals surface area contributed by atoms with Crippen molar-refractivity contribution in [3.05, 3.63) is 105 Å². The molecule has 1 amide bonds. The molecule has 5 rings (SSSR count). The SMILES string of the molecule is CC1Cc2cc(C(O)=C3C(=O)C(=O)N(CCc4ccccc4)C3c3ccc(Cl)c(Cl)c3)ccc2O1. The lowest BCUT2D eigenvalue weighted by molar-refractivity contribution is -0.139. The smallest absolute Gasteiger partial charge is 0.295 e. The first-order valence-electron chi connectivity index (χ1n) is 11.4. The van der Waals surface area contributed by atoms with E-state index >= 15 is 0 Å². The van der Waals surface area contributed by atoms with E-state index in [-0.39, 0.29) is 17.4 Å². The van der Waals surface area contributed by atoms with Gasteiger partial charge in [0.15, 0.2) is 0 Å². The Morgan fingerprint density at radius 2 is 1.80 bits per heavy atom. The molecule has 178 valence electrons. The predicted molar refractivity (Wildman–Crippen MR) is 136 cm³/mol. The zero-order valence-corrected chi connectivity index (χ0v) is 20.5. The van der Waals surface area contributed by atoms with Crippen molar-refractivity contribution in [1.29, 1.82) is 0 Å². The number of ether oxygens (including phenoxy) is 1. The van der Waals surface area contributed by atoms with Crippen LogP contribution in [0, 0.1) is 0 Å². The van der Waals surface area contributed by atoms with Crippen molar-refractivity contribution in [3.63, 3.8) is 0 Å². The highest BCUT2D eigenvalue weighted by atomic mass is 35.5. The van der Waals surface area contributed by atoms with Crippen LogP contribution in [-0.4, -0.2) is 34.3 Å². The number of Topliss-reactive ketones (excluding diaryl/α,β-unsaturated/α-hetero) is 1. The molecule has 1 saturated heterocycles. The molecule has 2 atom stereocenters. The number of halogens is 2. The van der Waals surface area contributed by atoms with Gasteiger partial charge in [-0.05, 0) is 60.4 Å². The summed E-state index contributed by atoms with van der Waals surface area (Å²) in [4.78, 5) is 28.0. The van der Waals surface area contributed by atoms with Gasteiger partial charge < -0.3 is 14.7 Å². The number of ketones is 1. The second-order valence-electron chi connectivity index (χ2n) is 8.86. The highest BCUT2D eigenvalue weighted by Gasteiger charge is 2.46. The maximum absolute atomic E-state index is 13.3.